The van der Waals surface area contributed by atoms with Crippen LogP contribution in [0, 0.1) is 17.6 Å². The Morgan fingerprint density at radius 3 is 2.42 bits per heavy atom. The van der Waals surface area contributed by atoms with E-state index < -0.39 is 11.6 Å². The van der Waals surface area contributed by atoms with Crippen LogP contribution in [-0.4, -0.2) is 38.2 Å². The molecule has 2 fully saturated rings. The number of piperazine rings is 1. The third-order valence-electron chi connectivity index (χ3n) is 5.25. The molecule has 0 aromatic heterocycles. The van der Waals surface area contributed by atoms with E-state index in [1.807, 2.05) is 0 Å². The summed E-state index contributed by atoms with van der Waals surface area (Å²) in [6.07, 6.45) is 5.63. The molecule has 136 valence electrons. The molecule has 1 atom stereocenters. The Morgan fingerprint density at radius 1 is 1.12 bits per heavy atom. The van der Waals surface area contributed by atoms with E-state index in [1.54, 1.807) is 0 Å². The summed E-state index contributed by atoms with van der Waals surface area (Å²) in [5.41, 5.74) is 0.207. The Morgan fingerprint density at radius 2 is 1.79 bits per heavy atom. The lowest BCUT2D eigenvalue weighted by atomic mass is 9.79. The molecule has 1 aliphatic heterocycles. The molecular weight excluding hydrogens is 334 g/mol. The molecule has 2 aliphatic rings. The maximum Gasteiger partial charge on any atom is 0.172 e. The standard InChI is InChI=1S/C18H26F2N2O.ClH/c1-23-15-8-7-14(19)16(17(15)20)18(13-5-3-2-4-6-13)22-11-9-21-10-12-22;/h7-8,13,18,21H,2-6,9-12H2,1H3;1H/t18-;/m0./s1. The Hall–Kier alpha value is -0.910. The lowest BCUT2D eigenvalue weighted by molar-refractivity contribution is 0.0971. The number of rotatable bonds is 4. The van der Waals surface area contributed by atoms with Gasteiger partial charge in [-0.2, -0.15) is 0 Å². The summed E-state index contributed by atoms with van der Waals surface area (Å²) in [6.45, 7) is 3.40. The Kier molecular flexibility index (Phi) is 7.26. The molecular formula is C18H27ClF2N2O. The number of methoxy groups -OCH3 is 1. The van der Waals surface area contributed by atoms with Crippen molar-refractivity contribution in [3.8, 4) is 5.75 Å². The van der Waals surface area contributed by atoms with Gasteiger partial charge in [0.2, 0.25) is 0 Å². The maximum atomic E-state index is 14.9. The molecule has 3 nitrogen and oxygen atoms in total. The minimum atomic E-state index is -0.526. The highest BCUT2D eigenvalue weighted by atomic mass is 35.5. The highest BCUT2D eigenvalue weighted by Crippen LogP contribution is 2.41. The first-order valence-electron chi connectivity index (χ1n) is 8.69. The van der Waals surface area contributed by atoms with Crippen LogP contribution in [0.5, 0.6) is 5.75 Å². The van der Waals surface area contributed by atoms with E-state index in [0.717, 1.165) is 51.9 Å². The highest BCUT2D eigenvalue weighted by molar-refractivity contribution is 5.85. The molecule has 0 bridgehead atoms. The third-order valence-corrected chi connectivity index (χ3v) is 5.25. The van der Waals surface area contributed by atoms with Crippen LogP contribution in [0.1, 0.15) is 43.7 Å². The van der Waals surface area contributed by atoms with E-state index in [9.17, 15) is 8.78 Å². The average molecular weight is 361 g/mol. The minimum Gasteiger partial charge on any atom is -0.494 e. The molecule has 1 aliphatic carbocycles. The van der Waals surface area contributed by atoms with Gasteiger partial charge in [0.15, 0.2) is 11.6 Å². The quantitative estimate of drug-likeness (QED) is 0.880. The second kappa shape index (κ2) is 8.97. The SMILES string of the molecule is COc1ccc(F)c([C@H](C2CCCCC2)N2CCNCC2)c1F.Cl. The molecule has 24 heavy (non-hydrogen) atoms. The van der Waals surface area contributed by atoms with Crippen LogP contribution in [-0.2, 0) is 0 Å². The van der Waals surface area contributed by atoms with Crippen molar-refractivity contribution in [3.63, 3.8) is 0 Å². The number of nitrogens with zero attached hydrogens (tertiary/aromatic N) is 1. The second-order valence-electron chi connectivity index (χ2n) is 6.61. The van der Waals surface area contributed by atoms with Gasteiger partial charge in [-0.1, -0.05) is 19.3 Å². The molecule has 1 aromatic carbocycles. The van der Waals surface area contributed by atoms with Crippen LogP contribution in [0.4, 0.5) is 8.78 Å². The zero-order chi connectivity index (χ0) is 16.2. The van der Waals surface area contributed by atoms with Gasteiger partial charge in [-0.15, -0.1) is 12.4 Å². The van der Waals surface area contributed by atoms with E-state index in [2.05, 4.69) is 10.2 Å². The summed E-state index contributed by atoms with van der Waals surface area (Å²) >= 11 is 0. The van der Waals surface area contributed by atoms with Crippen molar-refractivity contribution in [1.82, 2.24) is 10.2 Å². The molecule has 1 saturated heterocycles. The van der Waals surface area contributed by atoms with Crippen molar-refractivity contribution in [2.75, 3.05) is 33.3 Å². The van der Waals surface area contributed by atoms with Gasteiger partial charge in [0.1, 0.15) is 5.82 Å². The lowest BCUT2D eigenvalue weighted by Gasteiger charge is -2.41. The predicted octanol–water partition coefficient (Wildman–Crippen LogP) is 3.92. The fraction of sp³-hybridized carbons (Fsp3) is 0.667. The molecule has 0 spiro atoms. The number of ether oxygens (including phenoxy) is 1. The van der Waals surface area contributed by atoms with Gasteiger partial charge in [0.25, 0.3) is 0 Å². The number of nitrogens with one attached hydrogen (secondary N) is 1. The van der Waals surface area contributed by atoms with Crippen molar-refractivity contribution in [2.24, 2.45) is 5.92 Å². The van der Waals surface area contributed by atoms with Crippen LogP contribution in [0.3, 0.4) is 0 Å². The monoisotopic (exact) mass is 360 g/mol. The Labute approximate surface area is 149 Å². The van der Waals surface area contributed by atoms with E-state index in [4.69, 9.17) is 4.74 Å². The van der Waals surface area contributed by atoms with Gasteiger partial charge >= 0.3 is 0 Å². The molecule has 1 aromatic rings. The van der Waals surface area contributed by atoms with Crippen LogP contribution in [0.15, 0.2) is 12.1 Å². The minimum absolute atomic E-state index is 0. The van der Waals surface area contributed by atoms with Crippen LogP contribution in [0.2, 0.25) is 0 Å². The largest absolute Gasteiger partial charge is 0.494 e. The summed E-state index contributed by atoms with van der Waals surface area (Å²) < 4.78 is 34.6. The Balaban J connectivity index is 0.00000208. The average Bonchev–Trinajstić information content (AvgIpc) is 2.60. The van der Waals surface area contributed by atoms with Gasteiger partial charge in [0.05, 0.1) is 7.11 Å². The van der Waals surface area contributed by atoms with Crippen LogP contribution < -0.4 is 10.1 Å². The van der Waals surface area contributed by atoms with Crippen molar-refractivity contribution in [1.29, 1.82) is 0 Å². The van der Waals surface area contributed by atoms with Crippen molar-refractivity contribution < 1.29 is 13.5 Å². The summed E-state index contributed by atoms with van der Waals surface area (Å²) in [5.74, 6) is -0.519. The van der Waals surface area contributed by atoms with E-state index in [-0.39, 0.29) is 29.8 Å². The molecule has 1 N–H and O–H groups in total. The van der Waals surface area contributed by atoms with Gasteiger partial charge in [-0.05, 0) is 30.9 Å². The van der Waals surface area contributed by atoms with Gasteiger partial charge in [0, 0.05) is 37.8 Å². The summed E-state index contributed by atoms with van der Waals surface area (Å²) in [7, 11) is 1.43. The first-order valence-corrected chi connectivity index (χ1v) is 8.69. The second-order valence-corrected chi connectivity index (χ2v) is 6.61. The van der Waals surface area contributed by atoms with Gasteiger partial charge < -0.3 is 10.1 Å². The summed E-state index contributed by atoms with van der Waals surface area (Å²) in [5, 5.41) is 3.32. The molecule has 1 heterocycles. The van der Waals surface area contributed by atoms with E-state index >= 15 is 0 Å². The van der Waals surface area contributed by atoms with Crippen molar-refractivity contribution >= 4 is 12.4 Å². The number of benzene rings is 1. The zero-order valence-electron chi connectivity index (χ0n) is 14.2. The van der Waals surface area contributed by atoms with Gasteiger partial charge in [-0.25, -0.2) is 8.78 Å². The molecule has 3 rings (SSSR count). The number of halogens is 3. The van der Waals surface area contributed by atoms with E-state index in [1.165, 1.54) is 25.7 Å². The molecule has 1 saturated carbocycles. The Bertz CT molecular complexity index is 514. The van der Waals surface area contributed by atoms with Crippen LogP contribution >= 0.6 is 12.4 Å². The maximum absolute atomic E-state index is 14.9. The predicted molar refractivity (Wildman–Crippen MR) is 93.9 cm³/mol. The number of hydrogen-bond donors (Lipinski definition) is 1. The first-order chi connectivity index (χ1) is 11.2. The third kappa shape index (κ3) is 4.01. The summed E-state index contributed by atoms with van der Waals surface area (Å²) in [4.78, 5) is 2.26. The van der Waals surface area contributed by atoms with Crippen molar-refractivity contribution in [2.45, 2.75) is 38.1 Å². The van der Waals surface area contributed by atoms with Crippen molar-refractivity contribution in [3.05, 3.63) is 29.3 Å². The first kappa shape index (κ1) is 19.4. The molecule has 0 radical (unpaired) electrons. The fourth-order valence-corrected chi connectivity index (χ4v) is 4.10. The normalized spacial score (nSPS) is 21.1. The molecule has 6 heteroatoms. The zero-order valence-corrected chi connectivity index (χ0v) is 15.0. The number of hydrogen-bond acceptors (Lipinski definition) is 3. The lowest BCUT2D eigenvalue weighted by Crippen LogP contribution is -2.47. The van der Waals surface area contributed by atoms with Gasteiger partial charge in [-0.3, -0.25) is 4.90 Å². The smallest absolute Gasteiger partial charge is 0.172 e. The topological polar surface area (TPSA) is 24.5 Å². The van der Waals surface area contributed by atoms with E-state index in [0.29, 0.717) is 5.92 Å². The molecule has 0 unspecified atom stereocenters. The summed E-state index contributed by atoms with van der Waals surface area (Å²) in [6, 6.07) is 2.53. The fourth-order valence-electron chi connectivity index (χ4n) is 4.10. The molecule has 0 amide bonds. The highest BCUT2D eigenvalue weighted by Gasteiger charge is 2.35. The van der Waals surface area contributed by atoms with Crippen LogP contribution in [0.25, 0.3) is 0 Å².